The Kier molecular flexibility index (Phi) is 3.82. The summed E-state index contributed by atoms with van der Waals surface area (Å²) in [7, 11) is 0. The van der Waals surface area contributed by atoms with Gasteiger partial charge < -0.3 is 4.42 Å². The number of hydrogen-bond donors (Lipinski definition) is 0. The summed E-state index contributed by atoms with van der Waals surface area (Å²) in [5, 5.41) is 10.7. The Balaban J connectivity index is 1.49. The maximum absolute atomic E-state index is 5.74. The average Bonchev–Trinajstić information content (AvgIpc) is 3.10. The molecule has 4 heteroatoms. The summed E-state index contributed by atoms with van der Waals surface area (Å²) in [5.74, 6) is 1.87. The quantitative estimate of drug-likeness (QED) is 0.486. The summed E-state index contributed by atoms with van der Waals surface area (Å²) in [4.78, 5) is 1.20. The van der Waals surface area contributed by atoms with E-state index in [0.717, 1.165) is 5.56 Å². The maximum Gasteiger partial charge on any atom is 0.247 e. The van der Waals surface area contributed by atoms with Crippen molar-refractivity contribution in [3.63, 3.8) is 0 Å². The first-order chi connectivity index (χ1) is 11.4. The highest BCUT2D eigenvalue weighted by molar-refractivity contribution is 7.98. The van der Waals surface area contributed by atoms with E-state index in [1.54, 1.807) is 11.8 Å². The number of fused-ring (bicyclic) bond motifs is 1. The molecule has 0 spiro atoms. The lowest BCUT2D eigenvalue weighted by Crippen LogP contribution is -1.81. The maximum atomic E-state index is 5.74. The van der Waals surface area contributed by atoms with Crippen LogP contribution in [0.15, 0.2) is 82.1 Å². The second-order valence-electron chi connectivity index (χ2n) is 5.16. The Bertz CT molecular complexity index is 934. The number of aromatic nitrogens is 2. The third-order valence-corrected chi connectivity index (χ3v) is 4.55. The molecule has 112 valence electrons. The highest BCUT2D eigenvalue weighted by atomic mass is 32.2. The standard InChI is InChI=1S/C19H14N2OS/c1-2-7-15(8-3-1)19-21-20-18(22-19)13-23-17-11-10-14-6-4-5-9-16(14)12-17/h1-12H,13H2. The van der Waals surface area contributed by atoms with Crippen LogP contribution in [-0.4, -0.2) is 10.2 Å². The van der Waals surface area contributed by atoms with Crippen LogP contribution < -0.4 is 0 Å². The molecule has 0 saturated heterocycles. The van der Waals surface area contributed by atoms with Crippen LogP contribution in [-0.2, 0) is 5.75 Å². The fourth-order valence-corrected chi connectivity index (χ4v) is 3.19. The van der Waals surface area contributed by atoms with Gasteiger partial charge in [-0.1, -0.05) is 48.5 Å². The topological polar surface area (TPSA) is 38.9 Å². The normalized spacial score (nSPS) is 11.0. The first-order valence-corrected chi connectivity index (χ1v) is 8.36. The van der Waals surface area contributed by atoms with Crippen molar-refractivity contribution >= 4 is 22.5 Å². The monoisotopic (exact) mass is 318 g/mol. The van der Waals surface area contributed by atoms with Crippen LogP contribution in [0.4, 0.5) is 0 Å². The summed E-state index contributed by atoms with van der Waals surface area (Å²) in [5.41, 5.74) is 0.946. The minimum absolute atomic E-state index is 0.569. The number of thioether (sulfide) groups is 1. The van der Waals surface area contributed by atoms with Crippen molar-refractivity contribution in [3.05, 3.63) is 78.7 Å². The van der Waals surface area contributed by atoms with Gasteiger partial charge in [-0.05, 0) is 35.0 Å². The van der Waals surface area contributed by atoms with Gasteiger partial charge in [-0.15, -0.1) is 22.0 Å². The Morgan fingerprint density at radius 2 is 1.57 bits per heavy atom. The zero-order chi connectivity index (χ0) is 15.5. The Morgan fingerprint density at radius 3 is 2.43 bits per heavy atom. The van der Waals surface area contributed by atoms with Gasteiger partial charge in [0.1, 0.15) is 0 Å². The van der Waals surface area contributed by atoms with E-state index in [4.69, 9.17) is 4.42 Å². The van der Waals surface area contributed by atoms with E-state index >= 15 is 0 Å². The lowest BCUT2D eigenvalue weighted by atomic mass is 10.1. The molecule has 4 aromatic rings. The highest BCUT2D eigenvalue weighted by Gasteiger charge is 2.08. The van der Waals surface area contributed by atoms with Gasteiger partial charge in [0.15, 0.2) is 0 Å². The van der Waals surface area contributed by atoms with Crippen LogP contribution in [0.2, 0.25) is 0 Å². The molecule has 0 saturated carbocycles. The first kappa shape index (κ1) is 14.0. The van der Waals surface area contributed by atoms with Crippen LogP contribution in [0, 0.1) is 0 Å². The van der Waals surface area contributed by atoms with Crippen molar-refractivity contribution < 1.29 is 4.42 Å². The van der Waals surface area contributed by atoms with E-state index in [9.17, 15) is 0 Å². The van der Waals surface area contributed by atoms with Gasteiger partial charge in [0.25, 0.3) is 0 Å². The van der Waals surface area contributed by atoms with E-state index in [2.05, 4.69) is 52.7 Å². The molecule has 0 N–H and O–H groups in total. The second kappa shape index (κ2) is 6.26. The van der Waals surface area contributed by atoms with Gasteiger partial charge in [-0.3, -0.25) is 0 Å². The summed E-state index contributed by atoms with van der Waals surface area (Å²) < 4.78 is 5.74. The summed E-state index contributed by atoms with van der Waals surface area (Å²) in [6.07, 6.45) is 0. The zero-order valence-corrected chi connectivity index (χ0v) is 13.2. The van der Waals surface area contributed by atoms with Crippen molar-refractivity contribution in [1.29, 1.82) is 0 Å². The van der Waals surface area contributed by atoms with Crippen molar-refractivity contribution in [2.75, 3.05) is 0 Å². The predicted molar refractivity (Wildman–Crippen MR) is 93.2 cm³/mol. The van der Waals surface area contributed by atoms with Gasteiger partial charge in [-0.25, -0.2) is 0 Å². The SMILES string of the molecule is c1ccc(-c2nnc(CSc3ccc4ccccc4c3)o2)cc1. The van der Waals surface area contributed by atoms with Crippen LogP contribution in [0.3, 0.4) is 0 Å². The van der Waals surface area contributed by atoms with Crippen molar-refractivity contribution in [2.45, 2.75) is 10.6 Å². The molecule has 0 fully saturated rings. The largest absolute Gasteiger partial charge is 0.420 e. The van der Waals surface area contributed by atoms with Crippen LogP contribution in [0.1, 0.15) is 5.89 Å². The Labute approximate surface area is 138 Å². The fraction of sp³-hybridized carbons (Fsp3) is 0.0526. The fourth-order valence-electron chi connectivity index (χ4n) is 2.41. The zero-order valence-electron chi connectivity index (χ0n) is 12.3. The van der Waals surface area contributed by atoms with E-state index in [1.165, 1.54) is 15.7 Å². The molecule has 0 amide bonds. The number of hydrogen-bond acceptors (Lipinski definition) is 4. The second-order valence-corrected chi connectivity index (χ2v) is 6.21. The molecule has 23 heavy (non-hydrogen) atoms. The molecule has 0 unspecified atom stereocenters. The third kappa shape index (κ3) is 3.12. The molecular formula is C19H14N2OS. The van der Waals surface area contributed by atoms with Gasteiger partial charge in [0, 0.05) is 10.5 Å². The predicted octanol–water partition coefficient (Wildman–Crippen LogP) is 5.18. The Morgan fingerprint density at radius 1 is 0.783 bits per heavy atom. The third-order valence-electron chi connectivity index (χ3n) is 3.57. The molecule has 1 heterocycles. The van der Waals surface area contributed by atoms with E-state index in [0.29, 0.717) is 17.5 Å². The van der Waals surface area contributed by atoms with Gasteiger partial charge in [0.05, 0.1) is 5.75 Å². The molecule has 0 radical (unpaired) electrons. The molecule has 0 aliphatic carbocycles. The molecule has 3 aromatic carbocycles. The number of benzene rings is 3. The minimum Gasteiger partial charge on any atom is -0.420 e. The molecule has 3 nitrogen and oxygen atoms in total. The highest BCUT2D eigenvalue weighted by Crippen LogP contribution is 2.27. The van der Waals surface area contributed by atoms with Gasteiger partial charge in [-0.2, -0.15) is 0 Å². The van der Waals surface area contributed by atoms with E-state index in [-0.39, 0.29) is 0 Å². The number of rotatable bonds is 4. The molecule has 1 aromatic heterocycles. The molecule has 0 atom stereocenters. The van der Waals surface area contributed by atoms with Crippen LogP contribution in [0.5, 0.6) is 0 Å². The van der Waals surface area contributed by atoms with Crippen molar-refractivity contribution in [2.24, 2.45) is 0 Å². The lowest BCUT2D eigenvalue weighted by molar-refractivity contribution is 0.528. The number of nitrogens with zero attached hydrogens (tertiary/aromatic N) is 2. The van der Waals surface area contributed by atoms with Crippen molar-refractivity contribution in [1.82, 2.24) is 10.2 Å². The van der Waals surface area contributed by atoms with Crippen molar-refractivity contribution in [3.8, 4) is 11.5 Å². The summed E-state index contributed by atoms with van der Waals surface area (Å²) in [6.45, 7) is 0. The average molecular weight is 318 g/mol. The Hall–Kier alpha value is -2.59. The van der Waals surface area contributed by atoms with E-state index in [1.807, 2.05) is 30.3 Å². The minimum atomic E-state index is 0.569. The van der Waals surface area contributed by atoms with Gasteiger partial charge in [0.2, 0.25) is 11.8 Å². The van der Waals surface area contributed by atoms with E-state index < -0.39 is 0 Å². The molecule has 0 aliphatic heterocycles. The summed E-state index contributed by atoms with van der Waals surface area (Å²) in [6, 6.07) is 24.6. The van der Waals surface area contributed by atoms with Crippen LogP contribution in [0.25, 0.3) is 22.2 Å². The lowest BCUT2D eigenvalue weighted by Gasteiger charge is -2.01. The first-order valence-electron chi connectivity index (χ1n) is 7.38. The molecule has 0 aliphatic rings. The molecule has 0 bridgehead atoms. The van der Waals surface area contributed by atoms with Crippen LogP contribution >= 0.6 is 11.8 Å². The smallest absolute Gasteiger partial charge is 0.247 e. The summed E-state index contributed by atoms with van der Waals surface area (Å²) >= 11 is 1.70. The molecular weight excluding hydrogens is 304 g/mol. The molecule has 4 rings (SSSR count). The van der Waals surface area contributed by atoms with Gasteiger partial charge >= 0.3 is 0 Å².